The van der Waals surface area contributed by atoms with E-state index in [0.717, 1.165) is 11.1 Å². The van der Waals surface area contributed by atoms with Crippen LogP contribution in [0.25, 0.3) is 0 Å². The van der Waals surface area contributed by atoms with Gasteiger partial charge in [0.15, 0.2) is 0 Å². The summed E-state index contributed by atoms with van der Waals surface area (Å²) in [5.74, 6) is -0.610. The molecule has 0 aromatic heterocycles. The van der Waals surface area contributed by atoms with Crippen molar-refractivity contribution in [2.45, 2.75) is 34.1 Å². The standard InChI is InChI=1S/C15H20O3/c1-5-18-14(17)15(4,12(3)16)10-13-8-6-7-11(2)9-13/h6-9H,5,10H2,1-4H3. The molecule has 0 heterocycles. The number of benzene rings is 1. The quantitative estimate of drug-likeness (QED) is 0.594. The lowest BCUT2D eigenvalue weighted by Crippen LogP contribution is -2.38. The normalized spacial score (nSPS) is 13.8. The van der Waals surface area contributed by atoms with E-state index in [1.165, 1.54) is 6.92 Å². The van der Waals surface area contributed by atoms with Gasteiger partial charge in [-0.05, 0) is 39.7 Å². The lowest BCUT2D eigenvalue weighted by molar-refractivity contribution is -0.158. The van der Waals surface area contributed by atoms with Crippen LogP contribution in [0.15, 0.2) is 24.3 Å². The van der Waals surface area contributed by atoms with Crippen LogP contribution in [0.4, 0.5) is 0 Å². The van der Waals surface area contributed by atoms with Gasteiger partial charge in [-0.3, -0.25) is 9.59 Å². The minimum atomic E-state index is -1.09. The molecule has 0 aliphatic rings. The summed E-state index contributed by atoms with van der Waals surface area (Å²) in [5, 5.41) is 0. The Balaban J connectivity index is 3.00. The third kappa shape index (κ3) is 3.19. The van der Waals surface area contributed by atoms with E-state index in [0.29, 0.717) is 6.42 Å². The van der Waals surface area contributed by atoms with Crippen molar-refractivity contribution in [3.8, 4) is 0 Å². The average Bonchev–Trinajstić information content (AvgIpc) is 2.28. The van der Waals surface area contributed by atoms with Crippen LogP contribution in [-0.4, -0.2) is 18.4 Å². The van der Waals surface area contributed by atoms with Crippen LogP contribution >= 0.6 is 0 Å². The van der Waals surface area contributed by atoms with Crippen molar-refractivity contribution in [1.29, 1.82) is 0 Å². The number of hydrogen-bond acceptors (Lipinski definition) is 3. The van der Waals surface area contributed by atoms with Crippen LogP contribution in [0.2, 0.25) is 0 Å². The van der Waals surface area contributed by atoms with Gasteiger partial charge in [-0.15, -0.1) is 0 Å². The van der Waals surface area contributed by atoms with Crippen LogP contribution in [0.5, 0.6) is 0 Å². The topological polar surface area (TPSA) is 43.4 Å². The summed E-state index contributed by atoms with van der Waals surface area (Å²) in [6, 6.07) is 7.82. The molecule has 0 radical (unpaired) electrons. The Labute approximate surface area is 108 Å². The van der Waals surface area contributed by atoms with Crippen LogP contribution < -0.4 is 0 Å². The van der Waals surface area contributed by atoms with Crippen LogP contribution in [0.3, 0.4) is 0 Å². The number of ether oxygens (including phenoxy) is 1. The largest absolute Gasteiger partial charge is 0.465 e. The first-order valence-electron chi connectivity index (χ1n) is 6.14. The van der Waals surface area contributed by atoms with E-state index >= 15 is 0 Å². The van der Waals surface area contributed by atoms with Crippen molar-refractivity contribution in [3.63, 3.8) is 0 Å². The number of carbonyl (C=O) groups excluding carboxylic acids is 2. The van der Waals surface area contributed by atoms with E-state index in [-0.39, 0.29) is 12.4 Å². The maximum atomic E-state index is 12.0. The molecule has 0 aliphatic carbocycles. The summed E-state index contributed by atoms with van der Waals surface area (Å²) in [6.07, 6.45) is 0.378. The Hall–Kier alpha value is -1.64. The van der Waals surface area contributed by atoms with Crippen molar-refractivity contribution in [1.82, 2.24) is 0 Å². The fourth-order valence-electron chi connectivity index (χ4n) is 1.86. The predicted octanol–water partition coefficient (Wildman–Crippen LogP) is 2.70. The SMILES string of the molecule is CCOC(=O)C(C)(Cc1cccc(C)c1)C(C)=O. The average molecular weight is 248 g/mol. The second-order valence-electron chi connectivity index (χ2n) is 4.77. The van der Waals surface area contributed by atoms with Gasteiger partial charge in [0, 0.05) is 0 Å². The molecule has 0 aliphatic heterocycles. The van der Waals surface area contributed by atoms with Gasteiger partial charge in [-0.25, -0.2) is 0 Å². The lowest BCUT2D eigenvalue weighted by atomic mass is 9.80. The van der Waals surface area contributed by atoms with Gasteiger partial charge in [0.2, 0.25) is 0 Å². The highest BCUT2D eigenvalue weighted by molar-refractivity contribution is 6.02. The van der Waals surface area contributed by atoms with E-state index in [1.807, 2.05) is 31.2 Å². The third-order valence-corrected chi connectivity index (χ3v) is 3.14. The molecule has 0 N–H and O–H groups in total. The fourth-order valence-corrected chi connectivity index (χ4v) is 1.86. The highest BCUT2D eigenvalue weighted by Crippen LogP contribution is 2.26. The number of esters is 1. The van der Waals surface area contributed by atoms with Gasteiger partial charge in [0.05, 0.1) is 6.61 Å². The second kappa shape index (κ2) is 5.80. The highest BCUT2D eigenvalue weighted by atomic mass is 16.5. The lowest BCUT2D eigenvalue weighted by Gasteiger charge is -2.24. The molecule has 0 fully saturated rings. The fraction of sp³-hybridized carbons (Fsp3) is 0.467. The summed E-state index contributed by atoms with van der Waals surface area (Å²) in [5.41, 5.74) is 0.993. The minimum Gasteiger partial charge on any atom is -0.465 e. The number of rotatable bonds is 5. The third-order valence-electron chi connectivity index (χ3n) is 3.14. The number of aryl methyl sites for hydroxylation is 1. The summed E-state index contributed by atoms with van der Waals surface area (Å²) < 4.78 is 5.01. The van der Waals surface area contributed by atoms with Gasteiger partial charge >= 0.3 is 5.97 Å². The van der Waals surface area contributed by atoms with Crippen molar-refractivity contribution >= 4 is 11.8 Å². The van der Waals surface area contributed by atoms with E-state index < -0.39 is 11.4 Å². The molecular weight excluding hydrogens is 228 g/mol. The Morgan fingerprint density at radius 1 is 1.33 bits per heavy atom. The summed E-state index contributed by atoms with van der Waals surface area (Å²) >= 11 is 0. The van der Waals surface area contributed by atoms with Gasteiger partial charge in [-0.1, -0.05) is 29.8 Å². The van der Waals surface area contributed by atoms with Crippen molar-refractivity contribution < 1.29 is 14.3 Å². The molecule has 1 aromatic carbocycles. The first-order chi connectivity index (χ1) is 8.40. The molecule has 3 heteroatoms. The molecule has 1 atom stereocenters. The van der Waals surface area contributed by atoms with E-state index in [4.69, 9.17) is 4.74 Å². The predicted molar refractivity (Wildman–Crippen MR) is 70.3 cm³/mol. The zero-order valence-corrected chi connectivity index (χ0v) is 11.4. The first kappa shape index (κ1) is 14.4. The zero-order chi connectivity index (χ0) is 13.8. The first-order valence-corrected chi connectivity index (χ1v) is 6.14. The van der Waals surface area contributed by atoms with Gasteiger partial charge < -0.3 is 4.74 Å². The number of carbonyl (C=O) groups is 2. The van der Waals surface area contributed by atoms with Crippen LogP contribution in [0, 0.1) is 12.3 Å². The van der Waals surface area contributed by atoms with Crippen LogP contribution in [-0.2, 0) is 20.7 Å². The molecule has 0 bridgehead atoms. The Bertz CT molecular complexity index is 451. The molecule has 0 saturated carbocycles. The Morgan fingerprint density at radius 3 is 2.50 bits per heavy atom. The maximum Gasteiger partial charge on any atom is 0.319 e. The van der Waals surface area contributed by atoms with Crippen molar-refractivity contribution in [2.75, 3.05) is 6.61 Å². The van der Waals surface area contributed by atoms with E-state index in [1.54, 1.807) is 13.8 Å². The molecule has 1 unspecified atom stereocenters. The molecule has 0 saturated heterocycles. The molecule has 0 spiro atoms. The van der Waals surface area contributed by atoms with Gasteiger partial charge in [0.1, 0.15) is 11.2 Å². The minimum absolute atomic E-state index is 0.164. The van der Waals surface area contributed by atoms with Crippen molar-refractivity contribution in [3.05, 3.63) is 35.4 Å². The summed E-state index contributed by atoms with van der Waals surface area (Å²) in [4.78, 5) is 23.7. The molecular formula is C15H20O3. The molecule has 3 nitrogen and oxygen atoms in total. The monoisotopic (exact) mass is 248 g/mol. The maximum absolute atomic E-state index is 12.0. The second-order valence-corrected chi connectivity index (χ2v) is 4.77. The smallest absolute Gasteiger partial charge is 0.319 e. The summed E-state index contributed by atoms with van der Waals surface area (Å²) in [6.45, 7) is 7.10. The Morgan fingerprint density at radius 2 is 2.00 bits per heavy atom. The van der Waals surface area contributed by atoms with Crippen LogP contribution in [0.1, 0.15) is 31.9 Å². The van der Waals surface area contributed by atoms with E-state index in [2.05, 4.69) is 0 Å². The van der Waals surface area contributed by atoms with Gasteiger partial charge in [-0.2, -0.15) is 0 Å². The Kier molecular flexibility index (Phi) is 4.65. The molecule has 0 amide bonds. The number of ketones is 1. The highest BCUT2D eigenvalue weighted by Gasteiger charge is 2.39. The number of Topliss-reactive ketones (excluding diaryl/α,β-unsaturated/α-hetero) is 1. The van der Waals surface area contributed by atoms with Gasteiger partial charge in [0.25, 0.3) is 0 Å². The van der Waals surface area contributed by atoms with Crippen molar-refractivity contribution in [2.24, 2.45) is 5.41 Å². The molecule has 1 rings (SSSR count). The van der Waals surface area contributed by atoms with E-state index in [9.17, 15) is 9.59 Å². The molecule has 98 valence electrons. The summed E-state index contributed by atoms with van der Waals surface area (Å²) in [7, 11) is 0. The molecule has 1 aromatic rings. The zero-order valence-electron chi connectivity index (χ0n) is 11.4. The molecule has 18 heavy (non-hydrogen) atoms. The number of hydrogen-bond donors (Lipinski definition) is 0.